The molecule has 1 fully saturated rings. The zero-order valence-corrected chi connectivity index (χ0v) is 18.2. The SMILES string of the molecule is CCOC(=O)C1=C(C(F)(F)F)N=C2SC=C(CC(=O)N3CCCC3)N2C1c1ccccc1. The summed E-state index contributed by atoms with van der Waals surface area (Å²) in [6.45, 7) is 2.81. The van der Waals surface area contributed by atoms with E-state index in [4.69, 9.17) is 4.74 Å². The van der Waals surface area contributed by atoms with E-state index in [0.29, 0.717) is 24.4 Å². The molecule has 1 unspecified atom stereocenters. The molecular formula is C22H22F3N3O3S. The quantitative estimate of drug-likeness (QED) is 0.604. The third-order valence-electron chi connectivity index (χ3n) is 5.48. The van der Waals surface area contributed by atoms with Gasteiger partial charge in [0.2, 0.25) is 5.91 Å². The standard InChI is InChI=1S/C22H22F3N3O3S/c1-2-31-20(30)17-18(14-8-4-3-5-9-14)28-15(12-16(29)27-10-6-7-11-27)13-32-21(28)26-19(17)22(23,24)25/h3-5,8-9,13,18H,2,6-7,10-12H2,1H3. The van der Waals surface area contributed by atoms with Crippen LogP contribution in [0.4, 0.5) is 13.2 Å². The first-order valence-electron chi connectivity index (χ1n) is 10.4. The predicted octanol–water partition coefficient (Wildman–Crippen LogP) is 4.38. The van der Waals surface area contributed by atoms with Crippen molar-refractivity contribution in [2.75, 3.05) is 19.7 Å². The number of likely N-dealkylation sites (tertiary alicyclic amines) is 1. The van der Waals surface area contributed by atoms with Crippen molar-refractivity contribution in [3.63, 3.8) is 0 Å². The van der Waals surface area contributed by atoms with Gasteiger partial charge in [-0.1, -0.05) is 42.1 Å². The van der Waals surface area contributed by atoms with Gasteiger partial charge in [0.25, 0.3) is 0 Å². The van der Waals surface area contributed by atoms with Gasteiger partial charge in [0.05, 0.1) is 24.6 Å². The molecule has 3 heterocycles. The first-order valence-corrected chi connectivity index (χ1v) is 11.2. The molecule has 6 nitrogen and oxygen atoms in total. The number of carbonyl (C=O) groups is 2. The largest absolute Gasteiger partial charge is 0.463 e. The fourth-order valence-corrected chi connectivity index (χ4v) is 4.99. The first-order chi connectivity index (χ1) is 15.3. The fraction of sp³-hybridized carbons (Fsp3) is 0.409. The lowest BCUT2D eigenvalue weighted by atomic mass is 9.93. The number of halogens is 3. The van der Waals surface area contributed by atoms with E-state index >= 15 is 0 Å². The highest BCUT2D eigenvalue weighted by Crippen LogP contribution is 2.48. The molecule has 0 saturated carbocycles. The molecule has 4 rings (SSSR count). The number of amides is 1. The number of benzene rings is 1. The molecule has 1 atom stereocenters. The third kappa shape index (κ3) is 4.28. The second kappa shape index (κ2) is 9.01. The Balaban J connectivity index is 1.79. The van der Waals surface area contributed by atoms with Gasteiger partial charge in [-0.2, -0.15) is 13.2 Å². The molecule has 0 radical (unpaired) electrons. The van der Waals surface area contributed by atoms with E-state index in [9.17, 15) is 22.8 Å². The molecule has 0 aliphatic carbocycles. The Kier molecular flexibility index (Phi) is 6.32. The Bertz CT molecular complexity index is 999. The molecule has 32 heavy (non-hydrogen) atoms. The number of rotatable bonds is 5. The number of alkyl halides is 3. The number of nitrogens with zero attached hydrogens (tertiary/aromatic N) is 3. The lowest BCUT2D eigenvalue weighted by Crippen LogP contribution is -2.40. The fourth-order valence-electron chi connectivity index (χ4n) is 4.07. The van der Waals surface area contributed by atoms with Crippen LogP contribution in [-0.4, -0.2) is 52.7 Å². The lowest BCUT2D eigenvalue weighted by Gasteiger charge is -2.37. The maximum absolute atomic E-state index is 14.0. The zero-order chi connectivity index (χ0) is 22.9. The number of hydrogen-bond donors (Lipinski definition) is 0. The van der Waals surface area contributed by atoms with Gasteiger partial charge in [-0.3, -0.25) is 4.79 Å². The minimum absolute atomic E-state index is 0.0206. The number of fused-ring (bicyclic) bond motifs is 1. The van der Waals surface area contributed by atoms with Crippen molar-refractivity contribution in [1.82, 2.24) is 9.80 Å². The summed E-state index contributed by atoms with van der Waals surface area (Å²) < 4.78 is 46.9. The summed E-state index contributed by atoms with van der Waals surface area (Å²) in [5, 5.41) is 1.73. The van der Waals surface area contributed by atoms with Crippen molar-refractivity contribution in [3.05, 3.63) is 58.3 Å². The maximum Gasteiger partial charge on any atom is 0.434 e. The summed E-state index contributed by atoms with van der Waals surface area (Å²) in [5.41, 5.74) is -0.838. The highest BCUT2D eigenvalue weighted by molar-refractivity contribution is 8.16. The molecule has 0 spiro atoms. The molecule has 0 aromatic heterocycles. The van der Waals surface area contributed by atoms with E-state index in [1.54, 1.807) is 45.5 Å². The monoisotopic (exact) mass is 465 g/mol. The van der Waals surface area contributed by atoms with Crippen LogP contribution in [0.25, 0.3) is 0 Å². The highest BCUT2D eigenvalue weighted by atomic mass is 32.2. The van der Waals surface area contributed by atoms with Gasteiger partial charge in [0, 0.05) is 18.8 Å². The molecule has 0 bridgehead atoms. The van der Waals surface area contributed by atoms with Crippen LogP contribution in [0.2, 0.25) is 0 Å². The van der Waals surface area contributed by atoms with Crippen LogP contribution in [-0.2, 0) is 14.3 Å². The Hall–Kier alpha value is -2.75. The summed E-state index contributed by atoms with van der Waals surface area (Å²) in [7, 11) is 0. The Morgan fingerprint density at radius 1 is 1.19 bits per heavy atom. The van der Waals surface area contributed by atoms with Crippen LogP contribution in [0.15, 0.2) is 57.7 Å². The molecule has 1 saturated heterocycles. The molecule has 170 valence electrons. The third-order valence-corrected chi connectivity index (χ3v) is 6.37. The average Bonchev–Trinajstić information content (AvgIpc) is 3.43. The molecule has 1 amide bonds. The lowest BCUT2D eigenvalue weighted by molar-refractivity contribution is -0.140. The molecule has 1 aromatic rings. The van der Waals surface area contributed by atoms with Crippen molar-refractivity contribution < 1.29 is 27.5 Å². The number of thioether (sulfide) groups is 1. The summed E-state index contributed by atoms with van der Waals surface area (Å²) in [6.07, 6.45) is -2.95. The zero-order valence-electron chi connectivity index (χ0n) is 17.4. The van der Waals surface area contributed by atoms with E-state index in [1.165, 1.54) is 6.92 Å². The van der Waals surface area contributed by atoms with Gasteiger partial charge >= 0.3 is 12.1 Å². The number of allylic oxidation sites excluding steroid dienone is 1. The van der Waals surface area contributed by atoms with Crippen molar-refractivity contribution in [2.45, 2.75) is 38.4 Å². The topological polar surface area (TPSA) is 62.2 Å². The van der Waals surface area contributed by atoms with Gasteiger partial charge in [0.1, 0.15) is 0 Å². The number of amidine groups is 1. The molecule has 10 heteroatoms. The van der Waals surface area contributed by atoms with Crippen LogP contribution in [0.1, 0.15) is 37.8 Å². The van der Waals surface area contributed by atoms with Crippen LogP contribution in [0.5, 0.6) is 0 Å². The van der Waals surface area contributed by atoms with Gasteiger partial charge in [0.15, 0.2) is 10.9 Å². The number of aliphatic imine (C=N–C) groups is 1. The van der Waals surface area contributed by atoms with Crippen LogP contribution in [0.3, 0.4) is 0 Å². The molecule has 3 aliphatic rings. The smallest absolute Gasteiger partial charge is 0.434 e. The second-order valence-electron chi connectivity index (χ2n) is 7.55. The minimum Gasteiger partial charge on any atom is -0.463 e. The first kappa shape index (κ1) is 22.4. The van der Waals surface area contributed by atoms with E-state index in [-0.39, 0.29) is 24.1 Å². The number of carbonyl (C=O) groups excluding carboxylic acids is 2. The number of hydrogen-bond acceptors (Lipinski definition) is 6. The highest BCUT2D eigenvalue weighted by Gasteiger charge is 2.49. The Labute approximate surface area is 187 Å². The van der Waals surface area contributed by atoms with E-state index < -0.39 is 29.5 Å². The summed E-state index contributed by atoms with van der Waals surface area (Å²) in [4.78, 5) is 32.7. The van der Waals surface area contributed by atoms with Crippen molar-refractivity contribution in [3.8, 4) is 0 Å². The summed E-state index contributed by atoms with van der Waals surface area (Å²) >= 11 is 1.02. The van der Waals surface area contributed by atoms with Gasteiger partial charge in [-0.25, -0.2) is 9.79 Å². The van der Waals surface area contributed by atoms with Crippen molar-refractivity contribution in [2.24, 2.45) is 4.99 Å². The normalized spacial score (nSPS) is 20.8. The van der Waals surface area contributed by atoms with Crippen LogP contribution >= 0.6 is 11.8 Å². The van der Waals surface area contributed by atoms with E-state index in [2.05, 4.69) is 4.99 Å². The molecule has 0 N–H and O–H groups in total. The summed E-state index contributed by atoms with van der Waals surface area (Å²) in [6, 6.07) is 7.34. The molecule has 1 aromatic carbocycles. The molecular weight excluding hydrogens is 443 g/mol. The second-order valence-corrected chi connectivity index (χ2v) is 8.39. The van der Waals surface area contributed by atoms with Gasteiger partial charge in [-0.05, 0) is 30.7 Å². The summed E-state index contributed by atoms with van der Waals surface area (Å²) in [5.74, 6) is -1.16. The van der Waals surface area contributed by atoms with Crippen LogP contribution in [0, 0.1) is 0 Å². The average molecular weight is 465 g/mol. The maximum atomic E-state index is 14.0. The van der Waals surface area contributed by atoms with Crippen molar-refractivity contribution >= 4 is 28.8 Å². The number of esters is 1. The molecule has 3 aliphatic heterocycles. The van der Waals surface area contributed by atoms with Gasteiger partial charge in [-0.15, -0.1) is 0 Å². The van der Waals surface area contributed by atoms with Gasteiger partial charge < -0.3 is 14.5 Å². The van der Waals surface area contributed by atoms with Crippen LogP contribution < -0.4 is 0 Å². The Morgan fingerprint density at radius 3 is 2.50 bits per heavy atom. The van der Waals surface area contributed by atoms with Crippen molar-refractivity contribution in [1.29, 1.82) is 0 Å². The van der Waals surface area contributed by atoms with E-state index in [0.717, 1.165) is 24.6 Å². The minimum atomic E-state index is -4.84. The Morgan fingerprint density at radius 2 is 1.88 bits per heavy atom. The predicted molar refractivity (Wildman–Crippen MR) is 114 cm³/mol. The van der Waals surface area contributed by atoms with E-state index in [1.807, 2.05) is 0 Å². The number of ether oxygens (including phenoxy) is 1.